The van der Waals surface area contributed by atoms with E-state index in [0.717, 1.165) is 18.1 Å². The molecule has 0 atom stereocenters. The lowest BCUT2D eigenvalue weighted by Gasteiger charge is -2.29. The summed E-state index contributed by atoms with van der Waals surface area (Å²) in [5.74, 6) is 0.409. The molecule has 12 nitrogen and oxygen atoms in total. The number of anilines is 6. The van der Waals surface area contributed by atoms with Gasteiger partial charge in [0.2, 0.25) is 21.7 Å². The number of methoxy groups -OCH3 is 3. The van der Waals surface area contributed by atoms with Gasteiger partial charge in [0.25, 0.3) is 0 Å². The maximum absolute atomic E-state index is 14.7. The smallest absolute Gasteiger partial charge is 0.229 e. The molecule has 0 unspecified atom stereocenters. The molecule has 2 aromatic carbocycles. The van der Waals surface area contributed by atoms with Crippen LogP contribution in [0.15, 0.2) is 36.5 Å². The molecule has 1 saturated heterocycles. The Morgan fingerprint density at radius 3 is 2.26 bits per heavy atom. The molecule has 0 amide bonds. The second-order valence-corrected chi connectivity index (χ2v) is 10.0. The summed E-state index contributed by atoms with van der Waals surface area (Å²) >= 11 is 0. The quantitative estimate of drug-likeness (QED) is 0.344. The molecule has 0 bridgehead atoms. The van der Waals surface area contributed by atoms with Crippen molar-refractivity contribution in [2.75, 3.05) is 74.1 Å². The van der Waals surface area contributed by atoms with Crippen LogP contribution in [0.3, 0.4) is 0 Å². The Morgan fingerprint density at radius 2 is 1.66 bits per heavy atom. The lowest BCUT2D eigenvalue weighted by Crippen LogP contribution is -2.36. The number of benzene rings is 2. The number of nitrogens with one attached hydrogen (secondary N) is 3. The fourth-order valence-electron chi connectivity index (χ4n) is 3.87. The highest BCUT2D eigenvalue weighted by atomic mass is 32.2. The molecule has 1 aliphatic rings. The molecule has 38 heavy (non-hydrogen) atoms. The van der Waals surface area contributed by atoms with E-state index in [1.165, 1.54) is 21.3 Å². The van der Waals surface area contributed by atoms with Crippen LogP contribution in [0.2, 0.25) is 0 Å². The largest absolute Gasteiger partial charge is 0.493 e. The minimum Gasteiger partial charge on any atom is -0.493 e. The van der Waals surface area contributed by atoms with Crippen LogP contribution in [0.25, 0.3) is 0 Å². The molecule has 0 radical (unpaired) electrons. The van der Waals surface area contributed by atoms with Crippen LogP contribution in [-0.2, 0) is 14.8 Å². The molecule has 0 aliphatic carbocycles. The van der Waals surface area contributed by atoms with E-state index in [1.807, 2.05) is 6.07 Å². The molecular weight excluding hydrogens is 519 g/mol. The van der Waals surface area contributed by atoms with Crippen LogP contribution in [0.4, 0.5) is 38.9 Å². The number of halogens is 1. The van der Waals surface area contributed by atoms with E-state index in [9.17, 15) is 12.8 Å². The van der Waals surface area contributed by atoms with E-state index < -0.39 is 15.8 Å². The molecular formula is C24H29FN6O6S. The van der Waals surface area contributed by atoms with Gasteiger partial charge in [-0.05, 0) is 18.2 Å². The van der Waals surface area contributed by atoms with Crippen molar-refractivity contribution >= 4 is 44.5 Å². The summed E-state index contributed by atoms with van der Waals surface area (Å²) in [4.78, 5) is 10.3. The second-order valence-electron chi connectivity index (χ2n) is 8.26. The Morgan fingerprint density at radius 1 is 0.974 bits per heavy atom. The van der Waals surface area contributed by atoms with Crippen LogP contribution in [0.5, 0.6) is 17.2 Å². The normalized spacial score (nSPS) is 13.6. The number of sulfonamides is 1. The van der Waals surface area contributed by atoms with Gasteiger partial charge < -0.3 is 34.5 Å². The zero-order chi connectivity index (χ0) is 27.3. The Bertz CT molecular complexity index is 1380. The SMILES string of the molecule is COc1cc(Nc2ncc(F)c(Nc3ccc(N4CCOCC4)cc3NS(C)(=O)=O)n2)cc(OC)c1OC. The average molecular weight is 549 g/mol. The number of nitrogens with zero attached hydrogens (tertiary/aromatic N) is 3. The number of hydrogen-bond acceptors (Lipinski definition) is 11. The van der Waals surface area contributed by atoms with E-state index in [2.05, 4.69) is 30.2 Å². The first kappa shape index (κ1) is 27.0. The molecule has 3 aromatic rings. The number of hydrogen-bond donors (Lipinski definition) is 3. The van der Waals surface area contributed by atoms with Crippen LogP contribution >= 0.6 is 0 Å². The maximum Gasteiger partial charge on any atom is 0.229 e. The third-order valence-electron chi connectivity index (χ3n) is 5.59. The highest BCUT2D eigenvalue weighted by molar-refractivity contribution is 7.92. The zero-order valence-electron chi connectivity index (χ0n) is 21.4. The van der Waals surface area contributed by atoms with Crippen LogP contribution in [-0.4, -0.2) is 72.3 Å². The van der Waals surface area contributed by atoms with Gasteiger partial charge in [0.05, 0.1) is 58.4 Å². The van der Waals surface area contributed by atoms with E-state index in [-0.39, 0.29) is 17.5 Å². The summed E-state index contributed by atoms with van der Waals surface area (Å²) in [5.41, 5.74) is 1.86. The summed E-state index contributed by atoms with van der Waals surface area (Å²) in [5, 5.41) is 5.87. The third-order valence-corrected chi connectivity index (χ3v) is 6.18. The summed E-state index contributed by atoms with van der Waals surface area (Å²) in [6.07, 6.45) is 2.05. The summed E-state index contributed by atoms with van der Waals surface area (Å²) in [6.45, 7) is 2.48. The first-order valence-corrected chi connectivity index (χ1v) is 13.4. The second kappa shape index (κ2) is 11.6. The van der Waals surface area contributed by atoms with Crippen molar-refractivity contribution in [3.63, 3.8) is 0 Å². The molecule has 1 aromatic heterocycles. The lowest BCUT2D eigenvalue weighted by molar-refractivity contribution is 0.122. The Labute approximate surface area is 220 Å². The van der Waals surface area contributed by atoms with Crippen molar-refractivity contribution in [1.29, 1.82) is 0 Å². The number of morpholine rings is 1. The number of rotatable bonds is 10. The van der Waals surface area contributed by atoms with Gasteiger partial charge in [-0.25, -0.2) is 17.8 Å². The summed E-state index contributed by atoms with van der Waals surface area (Å²) < 4.78 is 62.8. The van der Waals surface area contributed by atoms with Crippen molar-refractivity contribution in [1.82, 2.24) is 9.97 Å². The highest BCUT2D eigenvalue weighted by Gasteiger charge is 2.18. The van der Waals surface area contributed by atoms with E-state index in [4.69, 9.17) is 18.9 Å². The predicted molar refractivity (Wildman–Crippen MR) is 143 cm³/mol. The van der Waals surface area contributed by atoms with Crippen molar-refractivity contribution in [2.45, 2.75) is 0 Å². The lowest BCUT2D eigenvalue weighted by atomic mass is 10.2. The molecule has 2 heterocycles. The standard InChI is InChI=1S/C24H29FN6O6S/c1-34-20-11-15(12-21(35-2)22(20)36-3)27-24-26-14-17(25)23(29-24)28-18-6-5-16(31-7-9-37-10-8-31)13-19(18)30-38(4,32)33/h5-6,11-14,30H,7-10H2,1-4H3,(H2,26,27,28,29). The number of ether oxygens (including phenoxy) is 4. The minimum atomic E-state index is -3.62. The van der Waals surface area contributed by atoms with Crippen molar-refractivity contribution < 1.29 is 31.8 Å². The van der Waals surface area contributed by atoms with E-state index in [0.29, 0.717) is 54.9 Å². The molecule has 0 spiro atoms. The van der Waals surface area contributed by atoms with E-state index in [1.54, 1.807) is 24.3 Å². The highest BCUT2D eigenvalue weighted by Crippen LogP contribution is 2.40. The molecule has 0 saturated carbocycles. The first-order valence-electron chi connectivity index (χ1n) is 11.5. The van der Waals surface area contributed by atoms with Crippen LogP contribution < -0.4 is 34.5 Å². The van der Waals surface area contributed by atoms with Gasteiger partial charge in [-0.2, -0.15) is 4.98 Å². The molecule has 14 heteroatoms. The Balaban J connectivity index is 1.64. The van der Waals surface area contributed by atoms with Gasteiger partial charge in [0.1, 0.15) is 0 Å². The fourth-order valence-corrected chi connectivity index (χ4v) is 4.44. The van der Waals surface area contributed by atoms with Gasteiger partial charge >= 0.3 is 0 Å². The van der Waals surface area contributed by atoms with Crippen molar-refractivity contribution in [2.24, 2.45) is 0 Å². The monoisotopic (exact) mass is 548 g/mol. The van der Waals surface area contributed by atoms with E-state index >= 15 is 0 Å². The van der Waals surface area contributed by atoms with Gasteiger partial charge in [-0.3, -0.25) is 4.72 Å². The fraction of sp³-hybridized carbons (Fsp3) is 0.333. The molecule has 1 fully saturated rings. The minimum absolute atomic E-state index is 0.0748. The Kier molecular flexibility index (Phi) is 8.22. The average Bonchev–Trinajstić information content (AvgIpc) is 2.90. The van der Waals surface area contributed by atoms with Gasteiger partial charge in [0, 0.05) is 36.6 Å². The van der Waals surface area contributed by atoms with Gasteiger partial charge in [-0.1, -0.05) is 0 Å². The predicted octanol–water partition coefficient (Wildman–Crippen LogP) is 3.34. The zero-order valence-corrected chi connectivity index (χ0v) is 22.2. The van der Waals surface area contributed by atoms with Gasteiger partial charge in [0.15, 0.2) is 23.1 Å². The summed E-state index contributed by atoms with van der Waals surface area (Å²) in [6, 6.07) is 8.46. The van der Waals surface area contributed by atoms with Crippen LogP contribution in [0.1, 0.15) is 0 Å². The molecule has 4 rings (SSSR count). The third kappa shape index (κ3) is 6.44. The molecule has 204 valence electrons. The topological polar surface area (TPSA) is 136 Å². The Hall–Kier alpha value is -4.04. The maximum atomic E-state index is 14.7. The van der Waals surface area contributed by atoms with Gasteiger partial charge in [-0.15, -0.1) is 0 Å². The molecule has 1 aliphatic heterocycles. The van der Waals surface area contributed by atoms with Crippen LogP contribution in [0, 0.1) is 5.82 Å². The molecule has 3 N–H and O–H groups in total. The summed E-state index contributed by atoms with van der Waals surface area (Å²) in [7, 11) is 0.851. The first-order chi connectivity index (χ1) is 18.2. The number of aromatic nitrogens is 2. The van der Waals surface area contributed by atoms with Crippen molar-refractivity contribution in [3.8, 4) is 17.2 Å². The van der Waals surface area contributed by atoms with Crippen molar-refractivity contribution in [3.05, 3.63) is 42.3 Å².